The molecule has 1 amide bonds. The summed E-state index contributed by atoms with van der Waals surface area (Å²) in [5.41, 5.74) is 6.74. The van der Waals surface area contributed by atoms with E-state index in [1.807, 2.05) is 6.92 Å². The molecule has 1 atom stereocenters. The summed E-state index contributed by atoms with van der Waals surface area (Å²) in [5, 5.41) is 3.55. The molecule has 0 bridgehead atoms. The molecule has 96 valence electrons. The van der Waals surface area contributed by atoms with Crippen LogP contribution in [0, 0.1) is 0 Å². The predicted octanol–water partition coefficient (Wildman–Crippen LogP) is 2.12. The van der Waals surface area contributed by atoms with Crippen molar-refractivity contribution in [3.05, 3.63) is 10.6 Å². The summed E-state index contributed by atoms with van der Waals surface area (Å²) in [6.45, 7) is 1.83. The van der Waals surface area contributed by atoms with E-state index in [0.717, 1.165) is 18.0 Å². The summed E-state index contributed by atoms with van der Waals surface area (Å²) in [7, 11) is 0. The molecule has 0 spiro atoms. The number of nitrogens with two attached hydrogens (primary N) is 1. The Kier molecular flexibility index (Phi) is 5.36. The van der Waals surface area contributed by atoms with E-state index in [1.54, 1.807) is 11.3 Å². The normalized spacial score (nSPS) is 15.6. The first kappa shape index (κ1) is 14.4. The van der Waals surface area contributed by atoms with E-state index < -0.39 is 0 Å². The number of amides is 1. The van der Waals surface area contributed by atoms with Crippen LogP contribution in [0.2, 0.25) is 0 Å². The van der Waals surface area contributed by atoms with Crippen LogP contribution in [0.4, 0.5) is 5.13 Å². The number of carbonyl (C=O) groups is 1. The first-order valence-corrected chi connectivity index (χ1v) is 6.51. The SMILES string of the molecule is CC(N)CC(=O)Nc1nc2c(s1)CCCC2.Cl. The molecular formula is C11H18ClN3OS. The number of thiazole rings is 1. The van der Waals surface area contributed by atoms with Gasteiger partial charge in [-0.1, -0.05) is 0 Å². The molecule has 0 radical (unpaired) electrons. The number of hydrogen-bond donors (Lipinski definition) is 2. The molecule has 0 aromatic carbocycles. The molecule has 1 heterocycles. The minimum atomic E-state index is -0.102. The van der Waals surface area contributed by atoms with Crippen molar-refractivity contribution in [3.8, 4) is 0 Å². The van der Waals surface area contributed by atoms with Gasteiger partial charge < -0.3 is 11.1 Å². The topological polar surface area (TPSA) is 68.0 Å². The molecule has 0 fully saturated rings. The van der Waals surface area contributed by atoms with Crippen molar-refractivity contribution >= 4 is 34.8 Å². The van der Waals surface area contributed by atoms with Gasteiger partial charge in [0, 0.05) is 17.3 Å². The average molecular weight is 276 g/mol. The molecule has 17 heavy (non-hydrogen) atoms. The van der Waals surface area contributed by atoms with Crippen molar-refractivity contribution in [3.63, 3.8) is 0 Å². The van der Waals surface area contributed by atoms with Gasteiger partial charge >= 0.3 is 0 Å². The lowest BCUT2D eigenvalue weighted by Gasteiger charge is -2.06. The zero-order valence-corrected chi connectivity index (χ0v) is 11.5. The molecule has 1 aliphatic rings. The Labute approximate surface area is 111 Å². The van der Waals surface area contributed by atoms with E-state index in [0.29, 0.717) is 6.42 Å². The minimum absolute atomic E-state index is 0. The molecular weight excluding hydrogens is 258 g/mol. The maximum Gasteiger partial charge on any atom is 0.227 e. The molecule has 0 saturated carbocycles. The second-order valence-electron chi connectivity index (χ2n) is 4.33. The molecule has 2 rings (SSSR count). The highest BCUT2D eigenvalue weighted by molar-refractivity contribution is 7.15. The van der Waals surface area contributed by atoms with Crippen molar-refractivity contribution in [2.24, 2.45) is 5.73 Å². The number of hydrogen-bond acceptors (Lipinski definition) is 4. The highest BCUT2D eigenvalue weighted by Crippen LogP contribution is 2.29. The number of anilines is 1. The molecule has 6 heteroatoms. The van der Waals surface area contributed by atoms with Crippen LogP contribution in [0.5, 0.6) is 0 Å². The number of carbonyl (C=O) groups excluding carboxylic acids is 1. The summed E-state index contributed by atoms with van der Waals surface area (Å²) in [5.74, 6) is -0.0407. The van der Waals surface area contributed by atoms with Crippen LogP contribution < -0.4 is 11.1 Å². The first-order valence-electron chi connectivity index (χ1n) is 5.69. The summed E-state index contributed by atoms with van der Waals surface area (Å²) in [6, 6.07) is -0.102. The van der Waals surface area contributed by atoms with Crippen molar-refractivity contribution < 1.29 is 4.79 Å². The van der Waals surface area contributed by atoms with Gasteiger partial charge in [-0.25, -0.2) is 4.98 Å². The van der Waals surface area contributed by atoms with Crippen LogP contribution in [0.3, 0.4) is 0 Å². The van der Waals surface area contributed by atoms with E-state index in [1.165, 1.54) is 23.4 Å². The monoisotopic (exact) mass is 275 g/mol. The molecule has 3 N–H and O–H groups in total. The summed E-state index contributed by atoms with van der Waals surface area (Å²) >= 11 is 1.61. The van der Waals surface area contributed by atoms with Gasteiger partial charge in [-0.2, -0.15) is 0 Å². The summed E-state index contributed by atoms with van der Waals surface area (Å²) < 4.78 is 0. The Morgan fingerprint density at radius 1 is 1.53 bits per heavy atom. The molecule has 1 aromatic heterocycles. The van der Waals surface area contributed by atoms with Crippen LogP contribution in [0.1, 0.15) is 36.8 Å². The minimum Gasteiger partial charge on any atom is -0.327 e. The van der Waals surface area contributed by atoms with Crippen LogP contribution >= 0.6 is 23.7 Å². The standard InChI is InChI=1S/C11H17N3OS.ClH/c1-7(12)6-10(15)14-11-13-8-4-2-3-5-9(8)16-11;/h7H,2-6,12H2,1H3,(H,13,14,15);1H. The van der Waals surface area contributed by atoms with Crippen molar-refractivity contribution in [1.29, 1.82) is 0 Å². The summed E-state index contributed by atoms with van der Waals surface area (Å²) in [6.07, 6.45) is 4.96. The Morgan fingerprint density at radius 3 is 2.88 bits per heavy atom. The van der Waals surface area contributed by atoms with E-state index in [4.69, 9.17) is 5.73 Å². The number of halogens is 1. The molecule has 0 aliphatic heterocycles. The first-order chi connectivity index (χ1) is 7.65. The van der Waals surface area contributed by atoms with Gasteiger partial charge in [0.1, 0.15) is 0 Å². The third kappa shape index (κ3) is 3.94. The zero-order valence-electron chi connectivity index (χ0n) is 9.86. The Bertz CT molecular complexity index is 369. The number of rotatable bonds is 3. The smallest absolute Gasteiger partial charge is 0.227 e. The zero-order chi connectivity index (χ0) is 11.5. The number of nitrogens with zero attached hydrogens (tertiary/aromatic N) is 1. The fourth-order valence-corrected chi connectivity index (χ4v) is 2.93. The molecule has 1 aliphatic carbocycles. The highest BCUT2D eigenvalue weighted by Gasteiger charge is 2.16. The second-order valence-corrected chi connectivity index (χ2v) is 5.41. The van der Waals surface area contributed by atoms with Crippen LogP contribution in [0.25, 0.3) is 0 Å². The van der Waals surface area contributed by atoms with E-state index >= 15 is 0 Å². The van der Waals surface area contributed by atoms with Gasteiger partial charge in [-0.05, 0) is 32.6 Å². The quantitative estimate of drug-likeness (QED) is 0.888. The number of aryl methyl sites for hydroxylation is 2. The van der Waals surface area contributed by atoms with E-state index in [9.17, 15) is 4.79 Å². The Balaban J connectivity index is 0.00000144. The van der Waals surface area contributed by atoms with Gasteiger partial charge in [0.05, 0.1) is 5.69 Å². The molecule has 1 unspecified atom stereocenters. The Morgan fingerprint density at radius 2 is 2.24 bits per heavy atom. The Hall–Kier alpha value is -0.650. The molecule has 0 saturated heterocycles. The largest absolute Gasteiger partial charge is 0.327 e. The molecule has 1 aromatic rings. The lowest BCUT2D eigenvalue weighted by molar-refractivity contribution is -0.116. The van der Waals surface area contributed by atoms with Crippen LogP contribution in [0.15, 0.2) is 0 Å². The highest BCUT2D eigenvalue weighted by atomic mass is 35.5. The number of fused-ring (bicyclic) bond motifs is 1. The number of aromatic nitrogens is 1. The molecule has 4 nitrogen and oxygen atoms in total. The summed E-state index contributed by atoms with van der Waals surface area (Å²) in [4.78, 5) is 17.3. The van der Waals surface area contributed by atoms with E-state index in [-0.39, 0.29) is 24.4 Å². The third-order valence-corrected chi connectivity index (χ3v) is 3.67. The van der Waals surface area contributed by atoms with Crippen molar-refractivity contribution in [1.82, 2.24) is 4.98 Å². The van der Waals surface area contributed by atoms with Crippen molar-refractivity contribution in [2.45, 2.75) is 45.1 Å². The van der Waals surface area contributed by atoms with Gasteiger partial charge in [0.15, 0.2) is 5.13 Å². The second kappa shape index (κ2) is 6.33. The predicted molar refractivity (Wildman–Crippen MR) is 72.9 cm³/mol. The average Bonchev–Trinajstić information content (AvgIpc) is 2.57. The third-order valence-electron chi connectivity index (χ3n) is 2.60. The fraction of sp³-hybridized carbons (Fsp3) is 0.636. The van der Waals surface area contributed by atoms with Gasteiger partial charge in [0.2, 0.25) is 5.91 Å². The van der Waals surface area contributed by atoms with Gasteiger partial charge in [-0.3, -0.25) is 4.79 Å². The van der Waals surface area contributed by atoms with Gasteiger partial charge in [-0.15, -0.1) is 23.7 Å². The lowest BCUT2D eigenvalue weighted by atomic mass is 10.0. The van der Waals surface area contributed by atoms with Crippen LogP contribution in [-0.4, -0.2) is 16.9 Å². The van der Waals surface area contributed by atoms with E-state index in [2.05, 4.69) is 10.3 Å². The van der Waals surface area contributed by atoms with Crippen LogP contribution in [-0.2, 0) is 17.6 Å². The van der Waals surface area contributed by atoms with Crippen molar-refractivity contribution in [2.75, 3.05) is 5.32 Å². The lowest BCUT2D eigenvalue weighted by Crippen LogP contribution is -2.23. The number of nitrogens with one attached hydrogen (secondary N) is 1. The maximum atomic E-state index is 11.5. The van der Waals surface area contributed by atoms with Gasteiger partial charge in [0.25, 0.3) is 0 Å². The fourth-order valence-electron chi connectivity index (χ4n) is 1.87. The maximum absolute atomic E-state index is 11.5.